The van der Waals surface area contributed by atoms with Crippen molar-refractivity contribution < 1.29 is 9.21 Å². The lowest BCUT2D eigenvalue weighted by molar-refractivity contribution is 0.102. The maximum absolute atomic E-state index is 11.9. The smallest absolute Gasteiger partial charge is 0.259 e. The first-order valence-electron chi connectivity index (χ1n) is 5.13. The summed E-state index contributed by atoms with van der Waals surface area (Å²) in [5, 5.41) is 2.77. The molecule has 0 radical (unpaired) electrons. The van der Waals surface area contributed by atoms with E-state index in [4.69, 9.17) is 10.8 Å². The number of terminal acetylenes is 1. The topological polar surface area (TPSA) is 42.2 Å². The molecule has 2 aromatic rings. The molecule has 0 aliphatic carbocycles. The summed E-state index contributed by atoms with van der Waals surface area (Å²) in [6.45, 7) is 1.74. The minimum atomic E-state index is -0.203. The van der Waals surface area contributed by atoms with Crippen LogP contribution in [0.5, 0.6) is 0 Å². The number of anilines is 1. The maximum Gasteiger partial charge on any atom is 0.259 e. The molecule has 0 spiro atoms. The van der Waals surface area contributed by atoms with Gasteiger partial charge in [0.2, 0.25) is 0 Å². The zero-order valence-corrected chi connectivity index (χ0v) is 9.36. The van der Waals surface area contributed by atoms with Crippen molar-refractivity contribution in [3.05, 3.63) is 53.5 Å². The third-order valence-electron chi connectivity index (χ3n) is 2.39. The first-order valence-corrected chi connectivity index (χ1v) is 5.13. The van der Waals surface area contributed by atoms with E-state index >= 15 is 0 Å². The van der Waals surface area contributed by atoms with Crippen LogP contribution in [0, 0.1) is 19.3 Å². The fourth-order valence-corrected chi connectivity index (χ4v) is 1.51. The number of carbonyl (C=O) groups excluding carboxylic acids is 1. The normalized spacial score (nSPS) is 9.65. The van der Waals surface area contributed by atoms with Gasteiger partial charge in [0.25, 0.3) is 5.91 Å². The number of hydrogen-bond acceptors (Lipinski definition) is 2. The van der Waals surface area contributed by atoms with Crippen molar-refractivity contribution in [2.45, 2.75) is 6.92 Å². The van der Waals surface area contributed by atoms with Crippen molar-refractivity contribution in [1.29, 1.82) is 0 Å². The summed E-state index contributed by atoms with van der Waals surface area (Å²) >= 11 is 0. The molecule has 0 bridgehead atoms. The first-order chi connectivity index (χ1) is 8.20. The summed E-state index contributed by atoms with van der Waals surface area (Å²) < 4.78 is 5.08. The quantitative estimate of drug-likeness (QED) is 0.798. The van der Waals surface area contributed by atoms with Gasteiger partial charge < -0.3 is 9.73 Å². The van der Waals surface area contributed by atoms with Crippen molar-refractivity contribution in [1.82, 2.24) is 0 Å². The number of amides is 1. The standard InChI is InChI=1S/C14H11NO2/c1-3-11-5-4-6-12(9-11)15-14(16)13-7-8-17-10(13)2/h1,4-9H,2H3,(H,15,16). The molecule has 1 N–H and O–H groups in total. The summed E-state index contributed by atoms with van der Waals surface area (Å²) in [6.07, 6.45) is 6.78. The largest absolute Gasteiger partial charge is 0.469 e. The van der Waals surface area contributed by atoms with Gasteiger partial charge in [-0.05, 0) is 31.2 Å². The van der Waals surface area contributed by atoms with Crippen molar-refractivity contribution in [3.8, 4) is 12.3 Å². The van der Waals surface area contributed by atoms with E-state index in [1.165, 1.54) is 6.26 Å². The summed E-state index contributed by atoms with van der Waals surface area (Å²) in [5.41, 5.74) is 1.92. The van der Waals surface area contributed by atoms with Gasteiger partial charge in [-0.3, -0.25) is 4.79 Å². The molecule has 0 atom stereocenters. The van der Waals surface area contributed by atoms with Crippen LogP contribution in [0.25, 0.3) is 0 Å². The van der Waals surface area contributed by atoms with Crippen molar-refractivity contribution >= 4 is 11.6 Å². The van der Waals surface area contributed by atoms with Crippen LogP contribution >= 0.6 is 0 Å². The number of hydrogen-bond donors (Lipinski definition) is 1. The Balaban J connectivity index is 2.19. The van der Waals surface area contributed by atoms with E-state index in [1.54, 1.807) is 37.3 Å². The lowest BCUT2D eigenvalue weighted by Gasteiger charge is -2.04. The van der Waals surface area contributed by atoms with Crippen LogP contribution in [-0.4, -0.2) is 5.91 Å². The van der Waals surface area contributed by atoms with Gasteiger partial charge in [-0.25, -0.2) is 0 Å². The molecule has 17 heavy (non-hydrogen) atoms. The monoisotopic (exact) mass is 225 g/mol. The highest BCUT2D eigenvalue weighted by Crippen LogP contribution is 2.14. The van der Waals surface area contributed by atoms with Gasteiger partial charge in [0.15, 0.2) is 0 Å². The second-order valence-corrected chi connectivity index (χ2v) is 3.57. The molecule has 0 aliphatic heterocycles. The predicted molar refractivity (Wildman–Crippen MR) is 65.8 cm³/mol. The van der Waals surface area contributed by atoms with E-state index in [0.29, 0.717) is 17.0 Å². The Morgan fingerprint density at radius 2 is 2.24 bits per heavy atom. The van der Waals surface area contributed by atoms with Gasteiger partial charge in [0.1, 0.15) is 5.76 Å². The molecule has 0 unspecified atom stereocenters. The van der Waals surface area contributed by atoms with E-state index in [1.807, 2.05) is 0 Å². The lowest BCUT2D eigenvalue weighted by Crippen LogP contribution is -2.12. The van der Waals surface area contributed by atoms with Crippen molar-refractivity contribution in [2.75, 3.05) is 5.32 Å². The Hall–Kier alpha value is -2.47. The van der Waals surface area contributed by atoms with E-state index in [0.717, 1.165) is 5.56 Å². The van der Waals surface area contributed by atoms with Gasteiger partial charge in [-0.1, -0.05) is 12.0 Å². The summed E-state index contributed by atoms with van der Waals surface area (Å²) in [7, 11) is 0. The van der Waals surface area contributed by atoms with Gasteiger partial charge in [-0.15, -0.1) is 6.42 Å². The van der Waals surface area contributed by atoms with Crippen LogP contribution in [0.1, 0.15) is 21.7 Å². The van der Waals surface area contributed by atoms with Crippen LogP contribution in [0.3, 0.4) is 0 Å². The Morgan fingerprint density at radius 1 is 1.41 bits per heavy atom. The molecule has 3 nitrogen and oxygen atoms in total. The number of carbonyl (C=O) groups is 1. The van der Waals surface area contributed by atoms with Crippen LogP contribution in [0.2, 0.25) is 0 Å². The fourth-order valence-electron chi connectivity index (χ4n) is 1.51. The highest BCUT2D eigenvalue weighted by atomic mass is 16.3. The Kier molecular flexibility index (Phi) is 2.97. The average molecular weight is 225 g/mol. The number of furan rings is 1. The molecule has 0 saturated heterocycles. The van der Waals surface area contributed by atoms with Crippen LogP contribution in [-0.2, 0) is 0 Å². The molecule has 0 fully saturated rings. The SMILES string of the molecule is C#Cc1cccc(NC(=O)c2ccoc2C)c1. The molecule has 1 amide bonds. The molecule has 1 aromatic heterocycles. The first kappa shape index (κ1) is 11.0. The second-order valence-electron chi connectivity index (χ2n) is 3.57. The van der Waals surface area contributed by atoms with E-state index in [2.05, 4.69) is 11.2 Å². The average Bonchev–Trinajstić information content (AvgIpc) is 2.76. The van der Waals surface area contributed by atoms with Gasteiger partial charge >= 0.3 is 0 Å². The molecule has 1 aromatic carbocycles. The molecule has 3 heteroatoms. The van der Waals surface area contributed by atoms with Crippen LogP contribution < -0.4 is 5.32 Å². The Labute approximate surface area is 99.5 Å². The fraction of sp³-hybridized carbons (Fsp3) is 0.0714. The van der Waals surface area contributed by atoms with Crippen molar-refractivity contribution in [2.24, 2.45) is 0 Å². The highest BCUT2D eigenvalue weighted by molar-refractivity contribution is 6.04. The minimum Gasteiger partial charge on any atom is -0.469 e. The third kappa shape index (κ3) is 2.37. The van der Waals surface area contributed by atoms with Crippen LogP contribution in [0.15, 0.2) is 41.0 Å². The van der Waals surface area contributed by atoms with Crippen molar-refractivity contribution in [3.63, 3.8) is 0 Å². The molecule has 84 valence electrons. The highest BCUT2D eigenvalue weighted by Gasteiger charge is 2.11. The summed E-state index contributed by atoms with van der Waals surface area (Å²) in [4.78, 5) is 11.9. The van der Waals surface area contributed by atoms with Gasteiger partial charge in [0.05, 0.1) is 11.8 Å². The summed E-state index contributed by atoms with van der Waals surface area (Å²) in [6, 6.07) is 8.77. The lowest BCUT2D eigenvalue weighted by atomic mass is 10.2. The zero-order chi connectivity index (χ0) is 12.3. The Morgan fingerprint density at radius 3 is 2.88 bits per heavy atom. The maximum atomic E-state index is 11.9. The molecular formula is C14H11NO2. The van der Waals surface area contributed by atoms with Crippen LogP contribution in [0.4, 0.5) is 5.69 Å². The summed E-state index contributed by atoms with van der Waals surface area (Å²) in [5.74, 6) is 2.91. The third-order valence-corrected chi connectivity index (χ3v) is 2.39. The Bertz CT molecular complexity index is 590. The van der Waals surface area contributed by atoms with E-state index in [9.17, 15) is 4.79 Å². The molecule has 2 rings (SSSR count). The van der Waals surface area contributed by atoms with E-state index in [-0.39, 0.29) is 5.91 Å². The second kappa shape index (κ2) is 4.58. The molecule has 0 saturated carbocycles. The number of aryl methyl sites for hydroxylation is 1. The predicted octanol–water partition coefficient (Wildman–Crippen LogP) is 2.82. The molecule has 1 heterocycles. The zero-order valence-electron chi connectivity index (χ0n) is 9.36. The number of benzene rings is 1. The number of nitrogens with one attached hydrogen (secondary N) is 1. The molecule has 0 aliphatic rings. The number of rotatable bonds is 2. The van der Waals surface area contributed by atoms with Gasteiger partial charge in [-0.2, -0.15) is 0 Å². The minimum absolute atomic E-state index is 0.203. The van der Waals surface area contributed by atoms with Gasteiger partial charge in [0, 0.05) is 11.3 Å². The van der Waals surface area contributed by atoms with E-state index < -0.39 is 0 Å². The molecular weight excluding hydrogens is 214 g/mol.